The molecule has 0 unspecified atom stereocenters. The molecule has 0 spiro atoms. The summed E-state index contributed by atoms with van der Waals surface area (Å²) in [5.41, 5.74) is 6.47. The van der Waals surface area contributed by atoms with Crippen LogP contribution in [0.15, 0.2) is 40.9 Å². The van der Waals surface area contributed by atoms with E-state index in [0.717, 1.165) is 0 Å². The fraction of sp³-hybridized carbons (Fsp3) is 0.0714. The van der Waals surface area contributed by atoms with Crippen LogP contribution in [0.25, 0.3) is 11.6 Å². The first-order valence-electron chi connectivity index (χ1n) is 6.12. The van der Waals surface area contributed by atoms with Crippen molar-refractivity contribution < 1.29 is 8.91 Å². The van der Waals surface area contributed by atoms with Crippen LogP contribution in [-0.4, -0.2) is 15.1 Å². The minimum atomic E-state index is -0.479. The molecule has 3 rings (SSSR count). The lowest BCUT2D eigenvalue weighted by Crippen LogP contribution is -1.95. The second kappa shape index (κ2) is 5.49. The Bertz CT molecular complexity index is 790. The number of halogens is 2. The highest BCUT2D eigenvalue weighted by molar-refractivity contribution is 6.30. The second-order valence-electron chi connectivity index (χ2n) is 4.35. The van der Waals surface area contributed by atoms with Crippen molar-refractivity contribution in [1.82, 2.24) is 15.1 Å². The van der Waals surface area contributed by atoms with Gasteiger partial charge in [0, 0.05) is 6.42 Å². The summed E-state index contributed by atoms with van der Waals surface area (Å²) in [4.78, 5) is 8.26. The van der Waals surface area contributed by atoms with Crippen LogP contribution in [0.4, 0.5) is 10.2 Å². The SMILES string of the molecule is Nc1cccc(-c2nc(Cc3cccc(Cl)c3F)no2)n1. The summed E-state index contributed by atoms with van der Waals surface area (Å²) in [5.74, 6) is 0.455. The fourth-order valence-corrected chi connectivity index (χ4v) is 2.05. The van der Waals surface area contributed by atoms with E-state index in [-0.39, 0.29) is 17.3 Å². The number of nitrogen functional groups attached to an aromatic ring is 1. The van der Waals surface area contributed by atoms with Crippen LogP contribution in [0.2, 0.25) is 5.02 Å². The molecular formula is C14H10ClFN4O. The van der Waals surface area contributed by atoms with Gasteiger partial charge in [0.2, 0.25) is 0 Å². The number of hydrogen-bond donors (Lipinski definition) is 1. The Labute approximate surface area is 124 Å². The third-order valence-electron chi connectivity index (χ3n) is 2.84. The van der Waals surface area contributed by atoms with Gasteiger partial charge in [0.25, 0.3) is 5.89 Å². The van der Waals surface area contributed by atoms with Crippen LogP contribution in [0.3, 0.4) is 0 Å². The first kappa shape index (κ1) is 13.5. The number of benzene rings is 1. The van der Waals surface area contributed by atoms with Crippen LogP contribution in [0.1, 0.15) is 11.4 Å². The Hall–Kier alpha value is -2.47. The molecule has 0 aliphatic rings. The van der Waals surface area contributed by atoms with Gasteiger partial charge in [-0.05, 0) is 23.8 Å². The predicted octanol–water partition coefficient (Wildman–Crippen LogP) is 3.10. The number of anilines is 1. The van der Waals surface area contributed by atoms with Gasteiger partial charge in [-0.15, -0.1) is 0 Å². The summed E-state index contributed by atoms with van der Waals surface area (Å²) < 4.78 is 18.9. The zero-order chi connectivity index (χ0) is 14.8. The molecule has 3 aromatic rings. The van der Waals surface area contributed by atoms with Crippen LogP contribution >= 0.6 is 11.6 Å². The summed E-state index contributed by atoms with van der Waals surface area (Å²) in [6.45, 7) is 0. The quantitative estimate of drug-likeness (QED) is 0.804. The monoisotopic (exact) mass is 304 g/mol. The number of hydrogen-bond acceptors (Lipinski definition) is 5. The zero-order valence-electron chi connectivity index (χ0n) is 10.8. The van der Waals surface area contributed by atoms with Crippen molar-refractivity contribution in [3.63, 3.8) is 0 Å². The molecule has 5 nitrogen and oxygen atoms in total. The van der Waals surface area contributed by atoms with Gasteiger partial charge >= 0.3 is 0 Å². The topological polar surface area (TPSA) is 77.8 Å². The van der Waals surface area contributed by atoms with Crippen molar-refractivity contribution >= 4 is 17.4 Å². The molecule has 0 radical (unpaired) electrons. The highest BCUT2D eigenvalue weighted by Crippen LogP contribution is 2.21. The van der Waals surface area contributed by atoms with Gasteiger partial charge in [-0.2, -0.15) is 4.98 Å². The summed E-state index contributed by atoms with van der Waals surface area (Å²) in [7, 11) is 0. The van der Waals surface area contributed by atoms with Gasteiger partial charge < -0.3 is 10.3 Å². The Kier molecular flexibility index (Phi) is 3.53. The molecule has 0 saturated carbocycles. The minimum absolute atomic E-state index is 0.0636. The molecule has 21 heavy (non-hydrogen) atoms. The molecule has 1 aromatic carbocycles. The average Bonchev–Trinajstić information content (AvgIpc) is 2.93. The molecule has 0 bridgehead atoms. The van der Waals surface area contributed by atoms with Gasteiger partial charge in [0.15, 0.2) is 5.82 Å². The molecule has 0 atom stereocenters. The summed E-state index contributed by atoms with van der Waals surface area (Å²) >= 11 is 5.74. The van der Waals surface area contributed by atoms with Gasteiger partial charge in [0.05, 0.1) is 5.02 Å². The Morgan fingerprint density at radius 1 is 1.14 bits per heavy atom. The lowest BCUT2D eigenvalue weighted by Gasteiger charge is -2.00. The van der Waals surface area contributed by atoms with E-state index in [0.29, 0.717) is 22.9 Å². The molecule has 0 amide bonds. The van der Waals surface area contributed by atoms with E-state index in [1.54, 1.807) is 30.3 Å². The van der Waals surface area contributed by atoms with E-state index in [2.05, 4.69) is 15.1 Å². The number of rotatable bonds is 3. The van der Waals surface area contributed by atoms with E-state index in [1.165, 1.54) is 6.07 Å². The molecule has 2 heterocycles. The maximum Gasteiger partial charge on any atom is 0.276 e. The molecule has 2 aromatic heterocycles. The average molecular weight is 305 g/mol. The molecule has 0 saturated heterocycles. The number of aromatic nitrogens is 3. The molecule has 0 aliphatic heterocycles. The normalized spacial score (nSPS) is 10.8. The van der Waals surface area contributed by atoms with Gasteiger partial charge in [-0.25, -0.2) is 9.37 Å². The largest absolute Gasteiger partial charge is 0.384 e. The Balaban J connectivity index is 1.87. The standard InChI is InChI=1S/C14H10ClFN4O/c15-9-4-1-3-8(13(9)16)7-12-19-14(21-20-12)10-5-2-6-11(17)18-10/h1-6H,7H2,(H2,17,18). The molecule has 2 N–H and O–H groups in total. The Morgan fingerprint density at radius 2 is 1.95 bits per heavy atom. The van der Waals surface area contributed by atoms with E-state index in [4.69, 9.17) is 21.9 Å². The predicted molar refractivity (Wildman–Crippen MR) is 76.2 cm³/mol. The minimum Gasteiger partial charge on any atom is -0.384 e. The third-order valence-corrected chi connectivity index (χ3v) is 3.13. The van der Waals surface area contributed by atoms with Crippen LogP contribution in [0.5, 0.6) is 0 Å². The second-order valence-corrected chi connectivity index (χ2v) is 4.76. The van der Waals surface area contributed by atoms with E-state index >= 15 is 0 Å². The molecule has 7 heteroatoms. The third kappa shape index (κ3) is 2.85. The number of pyridine rings is 1. The zero-order valence-corrected chi connectivity index (χ0v) is 11.5. The van der Waals surface area contributed by atoms with Gasteiger partial charge in [-0.3, -0.25) is 0 Å². The first-order chi connectivity index (χ1) is 10.1. The number of nitrogens with zero attached hydrogens (tertiary/aromatic N) is 3. The molecule has 0 aliphatic carbocycles. The summed E-state index contributed by atoms with van der Waals surface area (Å²) in [6, 6.07) is 9.86. The van der Waals surface area contributed by atoms with Gasteiger partial charge in [0.1, 0.15) is 17.3 Å². The lowest BCUT2D eigenvalue weighted by molar-refractivity contribution is 0.422. The molecule has 0 fully saturated rings. The van der Waals surface area contributed by atoms with Crippen molar-refractivity contribution in [2.24, 2.45) is 0 Å². The highest BCUT2D eigenvalue weighted by atomic mass is 35.5. The molecular weight excluding hydrogens is 295 g/mol. The Morgan fingerprint density at radius 3 is 2.76 bits per heavy atom. The maximum atomic E-state index is 13.8. The van der Waals surface area contributed by atoms with Crippen LogP contribution in [-0.2, 0) is 6.42 Å². The summed E-state index contributed by atoms with van der Waals surface area (Å²) in [6.07, 6.45) is 0.179. The van der Waals surface area contributed by atoms with Gasteiger partial charge in [-0.1, -0.05) is 35.0 Å². The first-order valence-corrected chi connectivity index (χ1v) is 6.49. The highest BCUT2D eigenvalue weighted by Gasteiger charge is 2.13. The van der Waals surface area contributed by atoms with E-state index in [1.807, 2.05) is 0 Å². The smallest absolute Gasteiger partial charge is 0.276 e. The number of nitrogens with two attached hydrogens (primary N) is 1. The van der Waals surface area contributed by atoms with Crippen molar-refractivity contribution in [1.29, 1.82) is 0 Å². The van der Waals surface area contributed by atoms with E-state index in [9.17, 15) is 4.39 Å². The summed E-state index contributed by atoms with van der Waals surface area (Å²) in [5, 5.41) is 3.88. The van der Waals surface area contributed by atoms with Crippen molar-refractivity contribution in [2.75, 3.05) is 5.73 Å². The van der Waals surface area contributed by atoms with Crippen molar-refractivity contribution in [2.45, 2.75) is 6.42 Å². The lowest BCUT2D eigenvalue weighted by atomic mass is 10.1. The fourth-order valence-electron chi connectivity index (χ4n) is 1.86. The van der Waals surface area contributed by atoms with E-state index < -0.39 is 5.82 Å². The maximum absolute atomic E-state index is 13.8. The molecule has 106 valence electrons. The van der Waals surface area contributed by atoms with Crippen LogP contribution in [0, 0.1) is 5.82 Å². The van der Waals surface area contributed by atoms with Crippen LogP contribution < -0.4 is 5.73 Å². The van der Waals surface area contributed by atoms with Crippen molar-refractivity contribution in [3.8, 4) is 11.6 Å². The van der Waals surface area contributed by atoms with Crippen molar-refractivity contribution in [3.05, 3.63) is 58.6 Å².